The number of fused-ring (bicyclic) bond motifs is 2. The van der Waals surface area contributed by atoms with Crippen LogP contribution in [0.2, 0.25) is 0 Å². The van der Waals surface area contributed by atoms with Gasteiger partial charge in [0.25, 0.3) is 0 Å². The smallest absolute Gasteiger partial charge is 0.0716 e. The van der Waals surface area contributed by atoms with Crippen LogP contribution < -0.4 is 0 Å². The van der Waals surface area contributed by atoms with Crippen molar-refractivity contribution >= 4 is 0 Å². The summed E-state index contributed by atoms with van der Waals surface area (Å²) < 4.78 is 5.76. The molecular formula is C18H25NO. The summed E-state index contributed by atoms with van der Waals surface area (Å²) in [5.74, 6) is 0. The van der Waals surface area contributed by atoms with E-state index in [4.69, 9.17) is 4.74 Å². The molecule has 2 heterocycles. The average molecular weight is 271 g/mol. The van der Waals surface area contributed by atoms with E-state index in [1.54, 1.807) is 5.57 Å². The van der Waals surface area contributed by atoms with Crippen molar-refractivity contribution in [3.63, 3.8) is 0 Å². The van der Waals surface area contributed by atoms with E-state index >= 15 is 0 Å². The fraction of sp³-hybridized carbons (Fsp3) is 0.556. The van der Waals surface area contributed by atoms with Crippen molar-refractivity contribution in [2.45, 2.75) is 50.8 Å². The number of benzene rings is 1. The van der Waals surface area contributed by atoms with Gasteiger partial charge in [0.05, 0.1) is 6.61 Å². The van der Waals surface area contributed by atoms with Gasteiger partial charge in [0.2, 0.25) is 0 Å². The minimum absolute atomic E-state index is 0.717. The zero-order chi connectivity index (χ0) is 13.8. The van der Waals surface area contributed by atoms with Gasteiger partial charge in [-0.05, 0) is 44.7 Å². The van der Waals surface area contributed by atoms with Gasteiger partial charge in [0, 0.05) is 18.7 Å². The Kier molecular flexibility index (Phi) is 4.54. The predicted molar refractivity (Wildman–Crippen MR) is 82.6 cm³/mol. The molecule has 3 rings (SSSR count). The van der Waals surface area contributed by atoms with Gasteiger partial charge < -0.3 is 4.74 Å². The van der Waals surface area contributed by atoms with Gasteiger partial charge in [-0.3, -0.25) is 4.90 Å². The maximum absolute atomic E-state index is 5.76. The fourth-order valence-corrected chi connectivity index (χ4v) is 3.48. The summed E-state index contributed by atoms with van der Waals surface area (Å²) in [4.78, 5) is 2.55. The zero-order valence-corrected chi connectivity index (χ0v) is 12.4. The number of hydrogen-bond acceptors (Lipinski definition) is 2. The number of rotatable bonds is 6. The molecule has 108 valence electrons. The van der Waals surface area contributed by atoms with Crippen LogP contribution in [-0.2, 0) is 11.3 Å². The fourth-order valence-electron chi connectivity index (χ4n) is 3.48. The van der Waals surface area contributed by atoms with Crippen LogP contribution in [0.25, 0.3) is 0 Å². The van der Waals surface area contributed by atoms with Crippen LogP contribution in [0.5, 0.6) is 0 Å². The topological polar surface area (TPSA) is 12.5 Å². The Morgan fingerprint density at radius 1 is 1.20 bits per heavy atom. The first-order chi connectivity index (χ1) is 9.83. The summed E-state index contributed by atoms with van der Waals surface area (Å²) in [6, 6.07) is 12.0. The average Bonchev–Trinajstić information content (AvgIpc) is 2.70. The predicted octanol–water partition coefficient (Wildman–Crippen LogP) is 3.78. The molecule has 0 aromatic heterocycles. The van der Waals surface area contributed by atoms with Crippen LogP contribution in [0.1, 0.15) is 37.7 Å². The first-order valence-electron chi connectivity index (χ1n) is 7.86. The van der Waals surface area contributed by atoms with Crippen molar-refractivity contribution in [3.05, 3.63) is 47.5 Å². The highest BCUT2D eigenvalue weighted by molar-refractivity contribution is 5.17. The molecule has 20 heavy (non-hydrogen) atoms. The molecule has 2 unspecified atom stereocenters. The van der Waals surface area contributed by atoms with Crippen LogP contribution in [0.4, 0.5) is 0 Å². The van der Waals surface area contributed by atoms with Crippen molar-refractivity contribution in [3.8, 4) is 0 Å². The lowest BCUT2D eigenvalue weighted by Gasteiger charge is -2.30. The highest BCUT2D eigenvalue weighted by Gasteiger charge is 2.33. The Hall–Kier alpha value is -1.12. The normalized spacial score (nSPS) is 25.8. The summed E-state index contributed by atoms with van der Waals surface area (Å²) >= 11 is 0. The Bertz CT molecular complexity index is 454. The first-order valence-corrected chi connectivity index (χ1v) is 7.86. The molecule has 0 saturated carbocycles. The second-order valence-corrected chi connectivity index (χ2v) is 6.13. The molecule has 1 saturated heterocycles. The maximum atomic E-state index is 5.76. The van der Waals surface area contributed by atoms with E-state index in [-0.39, 0.29) is 0 Å². The molecule has 1 aromatic rings. The molecule has 2 nitrogen and oxygen atoms in total. The molecule has 2 aliphatic heterocycles. The van der Waals surface area contributed by atoms with E-state index in [2.05, 4.69) is 42.3 Å². The molecule has 0 spiro atoms. The summed E-state index contributed by atoms with van der Waals surface area (Å²) in [6.07, 6.45) is 8.91. The van der Waals surface area contributed by atoms with Crippen LogP contribution >= 0.6 is 0 Å². The number of likely N-dealkylation sites (N-methyl/N-ethyl adjacent to an activating group) is 1. The van der Waals surface area contributed by atoms with E-state index in [9.17, 15) is 0 Å². The SMILES string of the molecule is CN1C2C=C(CCCOCc3ccccc3)CC1CC2. The molecule has 2 atom stereocenters. The third-order valence-corrected chi connectivity index (χ3v) is 4.72. The highest BCUT2D eigenvalue weighted by Crippen LogP contribution is 2.34. The van der Waals surface area contributed by atoms with Crippen molar-refractivity contribution in [2.24, 2.45) is 0 Å². The second kappa shape index (κ2) is 6.55. The van der Waals surface area contributed by atoms with E-state index in [1.165, 1.54) is 31.2 Å². The quantitative estimate of drug-likeness (QED) is 0.577. The minimum Gasteiger partial charge on any atom is -0.377 e. The third kappa shape index (κ3) is 3.31. The molecule has 2 aliphatic rings. The summed E-state index contributed by atoms with van der Waals surface area (Å²) in [6.45, 7) is 1.62. The lowest BCUT2D eigenvalue weighted by atomic mass is 9.98. The van der Waals surface area contributed by atoms with E-state index in [1.807, 2.05) is 6.07 Å². The highest BCUT2D eigenvalue weighted by atomic mass is 16.5. The molecule has 2 heteroatoms. The zero-order valence-electron chi connectivity index (χ0n) is 12.4. The monoisotopic (exact) mass is 271 g/mol. The van der Waals surface area contributed by atoms with Crippen LogP contribution in [0, 0.1) is 0 Å². The lowest BCUT2D eigenvalue weighted by molar-refractivity contribution is 0.118. The van der Waals surface area contributed by atoms with Crippen LogP contribution in [0.3, 0.4) is 0 Å². The van der Waals surface area contributed by atoms with E-state index in [0.717, 1.165) is 25.7 Å². The largest absolute Gasteiger partial charge is 0.377 e. The van der Waals surface area contributed by atoms with Crippen molar-refractivity contribution in [1.29, 1.82) is 0 Å². The molecule has 0 amide bonds. The third-order valence-electron chi connectivity index (χ3n) is 4.72. The standard InChI is InChI=1S/C18H25NO/c1-19-17-9-10-18(19)13-16(12-17)8-5-11-20-14-15-6-3-2-4-7-15/h2-4,6-7,12,17-18H,5,8-11,13-14H2,1H3. The molecule has 2 bridgehead atoms. The first kappa shape index (κ1) is 13.8. The molecule has 1 aromatic carbocycles. The van der Waals surface area contributed by atoms with Crippen molar-refractivity contribution in [1.82, 2.24) is 4.90 Å². The summed E-state index contributed by atoms with van der Waals surface area (Å²) in [5, 5.41) is 0. The summed E-state index contributed by atoms with van der Waals surface area (Å²) in [5.41, 5.74) is 2.93. The van der Waals surface area contributed by atoms with Gasteiger partial charge in [0.15, 0.2) is 0 Å². The minimum atomic E-state index is 0.717. The number of nitrogens with zero attached hydrogens (tertiary/aromatic N) is 1. The molecular weight excluding hydrogens is 246 g/mol. The van der Waals surface area contributed by atoms with Gasteiger partial charge in [-0.15, -0.1) is 0 Å². The maximum Gasteiger partial charge on any atom is 0.0716 e. The summed E-state index contributed by atoms with van der Waals surface area (Å²) in [7, 11) is 2.28. The van der Waals surface area contributed by atoms with Gasteiger partial charge >= 0.3 is 0 Å². The number of hydrogen-bond donors (Lipinski definition) is 0. The Labute approximate surface area is 122 Å². The van der Waals surface area contributed by atoms with Gasteiger partial charge in [-0.2, -0.15) is 0 Å². The molecule has 0 N–H and O–H groups in total. The van der Waals surface area contributed by atoms with Crippen molar-refractivity contribution < 1.29 is 4.74 Å². The van der Waals surface area contributed by atoms with Gasteiger partial charge in [0.1, 0.15) is 0 Å². The lowest BCUT2D eigenvalue weighted by Crippen LogP contribution is -2.34. The van der Waals surface area contributed by atoms with E-state index in [0.29, 0.717) is 6.04 Å². The van der Waals surface area contributed by atoms with Crippen LogP contribution in [-0.4, -0.2) is 30.6 Å². The number of ether oxygens (including phenoxy) is 1. The molecule has 0 radical (unpaired) electrons. The second-order valence-electron chi connectivity index (χ2n) is 6.13. The van der Waals surface area contributed by atoms with Crippen molar-refractivity contribution in [2.75, 3.05) is 13.7 Å². The Morgan fingerprint density at radius 3 is 2.85 bits per heavy atom. The Morgan fingerprint density at radius 2 is 2.05 bits per heavy atom. The molecule has 0 aliphatic carbocycles. The van der Waals surface area contributed by atoms with Crippen LogP contribution in [0.15, 0.2) is 42.0 Å². The molecule has 1 fully saturated rings. The van der Waals surface area contributed by atoms with E-state index < -0.39 is 0 Å². The van der Waals surface area contributed by atoms with Gasteiger partial charge in [-0.1, -0.05) is 42.0 Å². The Balaban J connectivity index is 1.36. The van der Waals surface area contributed by atoms with Gasteiger partial charge in [-0.25, -0.2) is 0 Å².